The molecular formula is C12H10BrClN4O2. The molecule has 0 fully saturated rings. The van der Waals surface area contributed by atoms with Gasteiger partial charge in [0.05, 0.1) is 15.6 Å². The van der Waals surface area contributed by atoms with Crippen LogP contribution in [0.5, 0.6) is 0 Å². The summed E-state index contributed by atoms with van der Waals surface area (Å²) in [5, 5.41) is 17.2. The Labute approximate surface area is 128 Å². The van der Waals surface area contributed by atoms with Crippen LogP contribution in [0.3, 0.4) is 0 Å². The summed E-state index contributed by atoms with van der Waals surface area (Å²) in [5.41, 5.74) is 0.407. The van der Waals surface area contributed by atoms with Crippen molar-refractivity contribution < 1.29 is 4.92 Å². The van der Waals surface area contributed by atoms with E-state index in [1.54, 1.807) is 25.2 Å². The summed E-state index contributed by atoms with van der Waals surface area (Å²) >= 11 is 9.38. The van der Waals surface area contributed by atoms with E-state index in [-0.39, 0.29) is 11.5 Å². The van der Waals surface area contributed by atoms with Gasteiger partial charge >= 0.3 is 5.69 Å². The van der Waals surface area contributed by atoms with Gasteiger partial charge in [-0.05, 0) is 24.3 Å². The predicted octanol–water partition coefficient (Wildman–Crippen LogP) is 4.19. The monoisotopic (exact) mass is 356 g/mol. The minimum absolute atomic E-state index is 0.125. The number of hydrogen-bond donors (Lipinski definition) is 2. The fourth-order valence-corrected chi connectivity index (χ4v) is 2.08. The Hall–Kier alpha value is -1.86. The van der Waals surface area contributed by atoms with Crippen molar-refractivity contribution in [2.45, 2.75) is 0 Å². The fourth-order valence-electron chi connectivity index (χ4n) is 1.55. The van der Waals surface area contributed by atoms with E-state index in [4.69, 9.17) is 11.6 Å². The van der Waals surface area contributed by atoms with Crippen LogP contribution in [-0.4, -0.2) is 17.0 Å². The Morgan fingerprint density at radius 3 is 2.75 bits per heavy atom. The van der Waals surface area contributed by atoms with E-state index in [1.165, 1.54) is 12.1 Å². The molecule has 1 heterocycles. The third kappa shape index (κ3) is 3.17. The first-order chi connectivity index (χ1) is 9.51. The zero-order valence-electron chi connectivity index (χ0n) is 10.4. The lowest BCUT2D eigenvalue weighted by Gasteiger charge is -2.10. The number of pyridine rings is 1. The minimum Gasteiger partial charge on any atom is -0.373 e. The number of halogens is 2. The first-order valence-electron chi connectivity index (χ1n) is 5.56. The van der Waals surface area contributed by atoms with Gasteiger partial charge in [0.1, 0.15) is 5.82 Å². The van der Waals surface area contributed by atoms with Crippen LogP contribution < -0.4 is 10.6 Å². The molecular weight excluding hydrogens is 348 g/mol. The van der Waals surface area contributed by atoms with Crippen LogP contribution in [0.2, 0.25) is 5.02 Å². The van der Waals surface area contributed by atoms with Crippen molar-refractivity contribution in [2.75, 3.05) is 17.7 Å². The van der Waals surface area contributed by atoms with E-state index in [0.29, 0.717) is 16.5 Å². The van der Waals surface area contributed by atoms with Crippen molar-refractivity contribution >= 4 is 50.5 Å². The van der Waals surface area contributed by atoms with Crippen LogP contribution >= 0.6 is 27.5 Å². The highest BCUT2D eigenvalue weighted by atomic mass is 79.9. The predicted molar refractivity (Wildman–Crippen MR) is 82.9 cm³/mol. The molecule has 0 saturated heterocycles. The zero-order valence-corrected chi connectivity index (χ0v) is 12.7. The molecule has 0 spiro atoms. The SMILES string of the molecule is CNc1ccc([N+](=O)[O-])c(Nc2cc(Br)ccc2Cl)n1. The molecule has 6 nitrogen and oxygen atoms in total. The van der Waals surface area contributed by atoms with E-state index in [2.05, 4.69) is 31.5 Å². The normalized spacial score (nSPS) is 10.2. The summed E-state index contributed by atoms with van der Waals surface area (Å²) in [4.78, 5) is 14.7. The average Bonchev–Trinajstić information content (AvgIpc) is 2.42. The van der Waals surface area contributed by atoms with Crippen LogP contribution in [0.15, 0.2) is 34.8 Å². The first-order valence-corrected chi connectivity index (χ1v) is 6.73. The number of nitrogens with one attached hydrogen (secondary N) is 2. The molecule has 1 aromatic carbocycles. The second kappa shape index (κ2) is 6.06. The van der Waals surface area contributed by atoms with E-state index >= 15 is 0 Å². The Morgan fingerprint density at radius 2 is 2.10 bits per heavy atom. The zero-order chi connectivity index (χ0) is 14.7. The maximum absolute atomic E-state index is 11.0. The van der Waals surface area contributed by atoms with Crippen LogP contribution in [0, 0.1) is 10.1 Å². The molecule has 2 N–H and O–H groups in total. The molecule has 0 unspecified atom stereocenters. The summed E-state index contributed by atoms with van der Waals surface area (Å²) in [6.45, 7) is 0. The molecule has 0 aliphatic rings. The van der Waals surface area contributed by atoms with Gasteiger partial charge in [-0.3, -0.25) is 10.1 Å². The average molecular weight is 358 g/mol. The lowest BCUT2D eigenvalue weighted by Crippen LogP contribution is -2.02. The smallest absolute Gasteiger partial charge is 0.311 e. The quantitative estimate of drug-likeness (QED) is 0.633. The van der Waals surface area contributed by atoms with Gasteiger partial charge in [-0.2, -0.15) is 0 Å². The van der Waals surface area contributed by atoms with E-state index in [1.807, 2.05) is 0 Å². The summed E-state index contributed by atoms with van der Waals surface area (Å²) < 4.78 is 0.803. The first kappa shape index (κ1) is 14.5. The summed E-state index contributed by atoms with van der Waals surface area (Å²) in [5.74, 6) is 0.645. The third-order valence-electron chi connectivity index (χ3n) is 2.51. The highest BCUT2D eigenvalue weighted by molar-refractivity contribution is 9.10. The van der Waals surface area contributed by atoms with Gasteiger partial charge in [-0.25, -0.2) is 4.98 Å². The second-order valence-electron chi connectivity index (χ2n) is 3.82. The van der Waals surface area contributed by atoms with Gasteiger partial charge in [0, 0.05) is 17.6 Å². The largest absolute Gasteiger partial charge is 0.373 e. The Bertz CT molecular complexity index is 666. The fraction of sp³-hybridized carbons (Fsp3) is 0.0833. The lowest BCUT2D eigenvalue weighted by atomic mass is 10.3. The standard InChI is InChI=1S/C12H10BrClN4O2/c1-15-11-5-4-10(18(19)20)12(17-11)16-9-6-7(13)2-3-8(9)14/h2-6H,1H3,(H2,15,16,17). The van der Waals surface area contributed by atoms with Crippen LogP contribution in [-0.2, 0) is 0 Å². The van der Waals surface area contributed by atoms with E-state index in [9.17, 15) is 10.1 Å². The molecule has 2 aromatic rings. The van der Waals surface area contributed by atoms with Crippen LogP contribution in [0.1, 0.15) is 0 Å². The molecule has 0 aliphatic carbocycles. The van der Waals surface area contributed by atoms with Crippen molar-refractivity contribution in [3.05, 3.63) is 49.9 Å². The molecule has 0 bridgehead atoms. The number of aromatic nitrogens is 1. The molecule has 2 rings (SSSR count). The number of hydrogen-bond acceptors (Lipinski definition) is 5. The summed E-state index contributed by atoms with van der Waals surface area (Å²) in [6.07, 6.45) is 0. The van der Waals surface area contributed by atoms with Crippen LogP contribution in [0.4, 0.5) is 23.0 Å². The highest BCUT2D eigenvalue weighted by Gasteiger charge is 2.17. The molecule has 0 saturated carbocycles. The van der Waals surface area contributed by atoms with Crippen molar-refractivity contribution in [1.29, 1.82) is 0 Å². The number of benzene rings is 1. The van der Waals surface area contributed by atoms with Crippen LogP contribution in [0.25, 0.3) is 0 Å². The molecule has 0 atom stereocenters. The molecule has 20 heavy (non-hydrogen) atoms. The Morgan fingerprint density at radius 1 is 1.35 bits per heavy atom. The summed E-state index contributed by atoms with van der Waals surface area (Å²) in [7, 11) is 1.68. The van der Waals surface area contributed by atoms with Crippen molar-refractivity contribution in [3.63, 3.8) is 0 Å². The van der Waals surface area contributed by atoms with Gasteiger partial charge in [0.25, 0.3) is 0 Å². The number of nitro groups is 1. The number of rotatable bonds is 4. The molecule has 0 aliphatic heterocycles. The molecule has 0 radical (unpaired) electrons. The molecule has 1 aromatic heterocycles. The number of anilines is 3. The van der Waals surface area contributed by atoms with Crippen molar-refractivity contribution in [3.8, 4) is 0 Å². The second-order valence-corrected chi connectivity index (χ2v) is 5.14. The topological polar surface area (TPSA) is 80.1 Å². The number of nitrogens with zero attached hydrogens (tertiary/aromatic N) is 2. The van der Waals surface area contributed by atoms with Gasteiger partial charge in [-0.15, -0.1) is 0 Å². The Kier molecular flexibility index (Phi) is 4.41. The maximum Gasteiger partial charge on any atom is 0.311 e. The maximum atomic E-state index is 11.0. The third-order valence-corrected chi connectivity index (χ3v) is 3.33. The van der Waals surface area contributed by atoms with Gasteiger partial charge in [0.2, 0.25) is 5.82 Å². The Balaban J connectivity index is 2.45. The molecule has 104 valence electrons. The summed E-state index contributed by atoms with van der Waals surface area (Å²) in [6, 6.07) is 8.10. The molecule has 8 heteroatoms. The lowest BCUT2D eigenvalue weighted by molar-refractivity contribution is -0.384. The van der Waals surface area contributed by atoms with Gasteiger partial charge in [-0.1, -0.05) is 27.5 Å². The van der Waals surface area contributed by atoms with Gasteiger partial charge < -0.3 is 10.6 Å². The van der Waals surface area contributed by atoms with Gasteiger partial charge in [0.15, 0.2) is 0 Å². The van der Waals surface area contributed by atoms with Crippen molar-refractivity contribution in [2.24, 2.45) is 0 Å². The van der Waals surface area contributed by atoms with E-state index < -0.39 is 4.92 Å². The highest BCUT2D eigenvalue weighted by Crippen LogP contribution is 2.32. The van der Waals surface area contributed by atoms with E-state index in [0.717, 1.165) is 4.47 Å². The minimum atomic E-state index is -0.499. The van der Waals surface area contributed by atoms with Crippen molar-refractivity contribution in [1.82, 2.24) is 4.98 Å². The molecule has 0 amide bonds.